The third-order valence-electron chi connectivity index (χ3n) is 4.59. The highest BCUT2D eigenvalue weighted by Gasteiger charge is 2.28. The number of carbonyl (C=O) groups excluding carboxylic acids is 1. The first-order valence-electron chi connectivity index (χ1n) is 7.91. The molecule has 0 bridgehead atoms. The molecule has 1 aromatic heterocycles. The summed E-state index contributed by atoms with van der Waals surface area (Å²) in [4.78, 5) is 12.6. The number of benzene rings is 1. The summed E-state index contributed by atoms with van der Waals surface area (Å²) in [5.74, 6) is 0.327. The van der Waals surface area contributed by atoms with Crippen molar-refractivity contribution in [2.24, 2.45) is 11.7 Å². The number of nitrogens with zero attached hydrogens (tertiary/aromatic N) is 2. The third kappa shape index (κ3) is 3.33. The van der Waals surface area contributed by atoms with Crippen molar-refractivity contribution in [3.8, 4) is 5.69 Å². The smallest absolute Gasteiger partial charge is 0.254 e. The summed E-state index contributed by atoms with van der Waals surface area (Å²) in [6.45, 7) is 2.54. The Kier molecular flexibility index (Phi) is 4.82. The highest BCUT2D eigenvalue weighted by molar-refractivity contribution is 9.10. The molecule has 1 heterocycles. The molecule has 1 aromatic carbocycles. The van der Waals surface area contributed by atoms with Gasteiger partial charge in [-0.3, -0.25) is 4.79 Å². The Hall–Kier alpha value is -1.66. The van der Waals surface area contributed by atoms with E-state index in [4.69, 9.17) is 5.73 Å². The maximum Gasteiger partial charge on any atom is 0.254 e. The number of halogens is 1. The summed E-state index contributed by atoms with van der Waals surface area (Å²) in [5, 5.41) is 7.50. The lowest BCUT2D eigenvalue weighted by molar-refractivity contribution is 0.0928. The molecule has 3 rings (SSSR count). The van der Waals surface area contributed by atoms with Crippen molar-refractivity contribution in [3.05, 3.63) is 46.2 Å². The first kappa shape index (κ1) is 16.2. The second-order valence-electron chi connectivity index (χ2n) is 6.04. The minimum absolute atomic E-state index is 0.0610. The number of hydrogen-bond acceptors (Lipinski definition) is 3. The standard InChI is InChI=1S/C17H21BrN4O/c1-11-15(17(23)21-16-7-2-4-12(16)9-19)10-20-22(11)14-6-3-5-13(18)8-14/h3,5-6,8,10,12,16H,2,4,7,9,19H2,1H3,(H,21,23). The Bertz CT molecular complexity index is 712. The zero-order valence-corrected chi connectivity index (χ0v) is 14.7. The van der Waals surface area contributed by atoms with Gasteiger partial charge in [0.05, 0.1) is 23.1 Å². The monoisotopic (exact) mass is 376 g/mol. The predicted molar refractivity (Wildman–Crippen MR) is 93.7 cm³/mol. The minimum atomic E-state index is -0.0610. The van der Waals surface area contributed by atoms with Crippen molar-refractivity contribution < 1.29 is 4.79 Å². The number of carbonyl (C=O) groups is 1. The number of rotatable bonds is 4. The number of nitrogens with two attached hydrogens (primary N) is 1. The van der Waals surface area contributed by atoms with Crippen LogP contribution in [0.25, 0.3) is 5.69 Å². The van der Waals surface area contributed by atoms with Crippen molar-refractivity contribution in [1.29, 1.82) is 0 Å². The summed E-state index contributed by atoms with van der Waals surface area (Å²) < 4.78 is 2.77. The summed E-state index contributed by atoms with van der Waals surface area (Å²) >= 11 is 3.46. The van der Waals surface area contributed by atoms with Crippen LogP contribution in [0.1, 0.15) is 35.3 Å². The van der Waals surface area contributed by atoms with Crippen LogP contribution in [0.5, 0.6) is 0 Å². The molecule has 0 radical (unpaired) electrons. The summed E-state index contributed by atoms with van der Waals surface area (Å²) in [6, 6.07) is 8.03. The first-order valence-corrected chi connectivity index (χ1v) is 8.71. The number of hydrogen-bond donors (Lipinski definition) is 2. The van der Waals surface area contributed by atoms with Gasteiger partial charge in [-0.05, 0) is 50.4 Å². The molecule has 0 saturated heterocycles. The SMILES string of the molecule is Cc1c(C(=O)NC2CCCC2CN)cnn1-c1cccc(Br)c1. The van der Waals surface area contributed by atoms with Gasteiger partial charge >= 0.3 is 0 Å². The minimum Gasteiger partial charge on any atom is -0.349 e. The van der Waals surface area contributed by atoms with Crippen molar-refractivity contribution in [1.82, 2.24) is 15.1 Å². The van der Waals surface area contributed by atoms with E-state index in [1.807, 2.05) is 31.2 Å². The molecule has 2 unspecified atom stereocenters. The van der Waals surface area contributed by atoms with Gasteiger partial charge in [0.25, 0.3) is 5.91 Å². The molecule has 5 nitrogen and oxygen atoms in total. The summed E-state index contributed by atoms with van der Waals surface area (Å²) in [7, 11) is 0. The van der Waals surface area contributed by atoms with E-state index >= 15 is 0 Å². The van der Waals surface area contributed by atoms with Gasteiger partial charge in [-0.2, -0.15) is 5.10 Å². The number of aromatic nitrogens is 2. The van der Waals surface area contributed by atoms with Crippen LogP contribution in [0.2, 0.25) is 0 Å². The van der Waals surface area contributed by atoms with Crippen LogP contribution >= 0.6 is 15.9 Å². The molecule has 3 N–H and O–H groups in total. The van der Waals surface area contributed by atoms with E-state index in [1.165, 1.54) is 0 Å². The fraction of sp³-hybridized carbons (Fsp3) is 0.412. The average Bonchev–Trinajstić information content (AvgIpc) is 3.13. The Morgan fingerprint density at radius 2 is 2.30 bits per heavy atom. The van der Waals surface area contributed by atoms with Crippen LogP contribution in [0.15, 0.2) is 34.9 Å². The quantitative estimate of drug-likeness (QED) is 0.861. The third-order valence-corrected chi connectivity index (χ3v) is 5.08. The molecule has 122 valence electrons. The van der Waals surface area contributed by atoms with E-state index in [1.54, 1.807) is 10.9 Å². The summed E-state index contributed by atoms with van der Waals surface area (Å²) in [5.41, 5.74) is 8.17. The number of nitrogens with one attached hydrogen (secondary N) is 1. The molecule has 1 aliphatic carbocycles. The maximum atomic E-state index is 12.6. The van der Waals surface area contributed by atoms with Gasteiger partial charge in [0.15, 0.2) is 0 Å². The zero-order valence-electron chi connectivity index (χ0n) is 13.1. The average molecular weight is 377 g/mol. The molecule has 23 heavy (non-hydrogen) atoms. The second-order valence-corrected chi connectivity index (χ2v) is 6.96. The van der Waals surface area contributed by atoms with Crippen LogP contribution in [-0.4, -0.2) is 28.3 Å². The molecule has 0 spiro atoms. The van der Waals surface area contributed by atoms with Crippen LogP contribution < -0.4 is 11.1 Å². The number of amides is 1. The molecule has 2 atom stereocenters. The van der Waals surface area contributed by atoms with E-state index in [-0.39, 0.29) is 11.9 Å². The molecular weight excluding hydrogens is 356 g/mol. The normalized spacial score (nSPS) is 20.7. The van der Waals surface area contributed by atoms with Gasteiger partial charge in [-0.15, -0.1) is 0 Å². The van der Waals surface area contributed by atoms with Gasteiger partial charge in [0.2, 0.25) is 0 Å². The maximum absolute atomic E-state index is 12.6. The Labute approximate surface area is 144 Å². The topological polar surface area (TPSA) is 72.9 Å². The highest BCUT2D eigenvalue weighted by Crippen LogP contribution is 2.25. The first-order chi connectivity index (χ1) is 11.1. The Balaban J connectivity index is 1.80. The fourth-order valence-electron chi connectivity index (χ4n) is 3.26. The molecule has 0 aliphatic heterocycles. The van der Waals surface area contributed by atoms with Gasteiger partial charge in [-0.1, -0.05) is 28.4 Å². The zero-order chi connectivity index (χ0) is 16.4. The van der Waals surface area contributed by atoms with E-state index in [0.29, 0.717) is 18.0 Å². The van der Waals surface area contributed by atoms with E-state index in [9.17, 15) is 4.79 Å². The van der Waals surface area contributed by atoms with Crippen molar-refractivity contribution >= 4 is 21.8 Å². The van der Waals surface area contributed by atoms with Gasteiger partial charge in [0, 0.05) is 10.5 Å². The lowest BCUT2D eigenvalue weighted by Gasteiger charge is -2.19. The molecule has 1 saturated carbocycles. The van der Waals surface area contributed by atoms with Gasteiger partial charge in [0.1, 0.15) is 0 Å². The lowest BCUT2D eigenvalue weighted by Crippen LogP contribution is -2.40. The molecule has 2 aromatic rings. The van der Waals surface area contributed by atoms with Crippen LogP contribution in [0.3, 0.4) is 0 Å². The second kappa shape index (κ2) is 6.84. The molecule has 1 amide bonds. The predicted octanol–water partition coefficient (Wildman–Crippen LogP) is 2.80. The van der Waals surface area contributed by atoms with Crippen molar-refractivity contribution in [3.63, 3.8) is 0 Å². The van der Waals surface area contributed by atoms with Crippen LogP contribution in [0.4, 0.5) is 0 Å². The van der Waals surface area contributed by atoms with E-state index < -0.39 is 0 Å². The molecule has 1 aliphatic rings. The van der Waals surface area contributed by atoms with E-state index in [2.05, 4.69) is 26.3 Å². The van der Waals surface area contributed by atoms with Crippen LogP contribution in [-0.2, 0) is 0 Å². The fourth-order valence-corrected chi connectivity index (χ4v) is 3.64. The van der Waals surface area contributed by atoms with Crippen molar-refractivity contribution in [2.75, 3.05) is 6.54 Å². The molecule has 6 heteroatoms. The van der Waals surface area contributed by atoms with Gasteiger partial charge < -0.3 is 11.1 Å². The Morgan fingerprint density at radius 3 is 3.04 bits per heavy atom. The van der Waals surface area contributed by atoms with E-state index in [0.717, 1.165) is 35.1 Å². The van der Waals surface area contributed by atoms with Gasteiger partial charge in [-0.25, -0.2) is 4.68 Å². The molecule has 1 fully saturated rings. The lowest BCUT2D eigenvalue weighted by atomic mass is 10.0. The highest BCUT2D eigenvalue weighted by atomic mass is 79.9. The largest absolute Gasteiger partial charge is 0.349 e. The Morgan fingerprint density at radius 1 is 1.48 bits per heavy atom. The molecular formula is C17H21BrN4O. The summed E-state index contributed by atoms with van der Waals surface area (Å²) in [6.07, 6.45) is 4.87. The van der Waals surface area contributed by atoms with Crippen molar-refractivity contribution in [2.45, 2.75) is 32.2 Å². The van der Waals surface area contributed by atoms with Crippen LogP contribution in [0, 0.1) is 12.8 Å².